The van der Waals surface area contributed by atoms with Crippen LogP contribution < -0.4 is 4.74 Å². The summed E-state index contributed by atoms with van der Waals surface area (Å²) < 4.78 is 31.7. The van der Waals surface area contributed by atoms with Crippen LogP contribution in [0, 0.1) is 0 Å². The second-order valence-corrected chi connectivity index (χ2v) is 10.1. The molecule has 2 aliphatic rings. The standard InChI is InChI=1S/C19H23N3O4S2/c1-13-10-26-18-6-3-14(8-22(16-4-5-16)28(2,24)25)7-15(18)9-21(13)19(23)17-11-27-12-20-17/h3,6-7,11-13,16H,4-5,8-10H2,1-2H3. The van der Waals surface area contributed by atoms with Crippen LogP contribution in [0.4, 0.5) is 0 Å². The maximum atomic E-state index is 12.9. The summed E-state index contributed by atoms with van der Waals surface area (Å²) in [4.78, 5) is 18.8. The molecule has 0 radical (unpaired) electrons. The minimum atomic E-state index is -3.26. The van der Waals surface area contributed by atoms with Crippen molar-refractivity contribution >= 4 is 27.3 Å². The van der Waals surface area contributed by atoms with Gasteiger partial charge in [0.25, 0.3) is 5.91 Å². The molecule has 0 bridgehead atoms. The molecule has 1 unspecified atom stereocenters. The molecular formula is C19H23N3O4S2. The molecule has 1 atom stereocenters. The number of hydrogen-bond acceptors (Lipinski definition) is 6. The number of rotatable bonds is 5. The largest absolute Gasteiger partial charge is 0.491 e. The average molecular weight is 422 g/mol. The van der Waals surface area contributed by atoms with Gasteiger partial charge in [-0.1, -0.05) is 6.07 Å². The van der Waals surface area contributed by atoms with Crippen LogP contribution >= 0.6 is 11.3 Å². The normalized spacial score (nSPS) is 19.8. The Morgan fingerprint density at radius 1 is 1.39 bits per heavy atom. The summed E-state index contributed by atoms with van der Waals surface area (Å²) in [5.74, 6) is 0.618. The Morgan fingerprint density at radius 3 is 2.82 bits per heavy atom. The first kappa shape index (κ1) is 19.4. The molecule has 1 aliphatic carbocycles. The Balaban J connectivity index is 1.59. The van der Waals surface area contributed by atoms with E-state index < -0.39 is 10.0 Å². The second-order valence-electron chi connectivity index (χ2n) is 7.45. The van der Waals surface area contributed by atoms with E-state index in [0.717, 1.165) is 29.7 Å². The molecule has 1 saturated carbocycles. The van der Waals surface area contributed by atoms with E-state index in [4.69, 9.17) is 4.74 Å². The van der Waals surface area contributed by atoms with E-state index >= 15 is 0 Å². The van der Waals surface area contributed by atoms with E-state index in [-0.39, 0.29) is 18.0 Å². The van der Waals surface area contributed by atoms with Gasteiger partial charge in [-0.3, -0.25) is 4.79 Å². The van der Waals surface area contributed by atoms with Crippen LogP contribution in [0.25, 0.3) is 0 Å². The fourth-order valence-electron chi connectivity index (χ4n) is 3.43. The van der Waals surface area contributed by atoms with Gasteiger partial charge in [0, 0.05) is 23.5 Å². The number of thiazole rings is 1. The van der Waals surface area contributed by atoms with Crippen LogP contribution in [0.5, 0.6) is 5.75 Å². The maximum absolute atomic E-state index is 12.9. The van der Waals surface area contributed by atoms with Crippen molar-refractivity contribution in [3.8, 4) is 5.75 Å². The summed E-state index contributed by atoms with van der Waals surface area (Å²) >= 11 is 1.39. The van der Waals surface area contributed by atoms with Gasteiger partial charge in [0.2, 0.25) is 10.0 Å². The van der Waals surface area contributed by atoms with Crippen LogP contribution in [-0.2, 0) is 23.1 Å². The van der Waals surface area contributed by atoms with E-state index in [1.54, 1.807) is 20.1 Å². The molecule has 4 rings (SSSR count). The minimum Gasteiger partial charge on any atom is -0.491 e. The highest BCUT2D eigenvalue weighted by atomic mass is 32.2. The summed E-state index contributed by atoms with van der Waals surface area (Å²) in [5, 5.41) is 1.75. The first-order valence-corrected chi connectivity index (χ1v) is 12.0. The van der Waals surface area contributed by atoms with Crippen LogP contribution in [0.1, 0.15) is 41.4 Å². The number of carbonyl (C=O) groups excluding carboxylic acids is 1. The summed E-state index contributed by atoms with van der Waals surface area (Å²) in [6, 6.07) is 5.75. The highest BCUT2D eigenvalue weighted by molar-refractivity contribution is 7.88. The molecule has 1 amide bonds. The van der Waals surface area contributed by atoms with Crippen molar-refractivity contribution < 1.29 is 17.9 Å². The van der Waals surface area contributed by atoms with Gasteiger partial charge in [-0.05, 0) is 37.5 Å². The number of sulfonamides is 1. The zero-order chi connectivity index (χ0) is 19.9. The summed E-state index contributed by atoms with van der Waals surface area (Å²) in [7, 11) is -3.26. The highest BCUT2D eigenvalue weighted by Crippen LogP contribution is 2.32. The Hall–Kier alpha value is -1.97. The quantitative estimate of drug-likeness (QED) is 0.741. The number of amides is 1. The predicted molar refractivity (Wildman–Crippen MR) is 107 cm³/mol. The molecule has 7 nitrogen and oxygen atoms in total. The van der Waals surface area contributed by atoms with E-state index in [1.807, 2.05) is 25.1 Å². The van der Waals surface area contributed by atoms with Gasteiger partial charge >= 0.3 is 0 Å². The first-order chi connectivity index (χ1) is 13.3. The third kappa shape index (κ3) is 4.06. The Morgan fingerprint density at radius 2 is 2.18 bits per heavy atom. The molecule has 150 valence electrons. The Kier molecular flexibility index (Phi) is 5.15. The van der Waals surface area contributed by atoms with Crippen LogP contribution in [-0.4, -0.2) is 53.5 Å². The molecule has 9 heteroatoms. The van der Waals surface area contributed by atoms with E-state index in [1.165, 1.54) is 17.6 Å². The summed E-state index contributed by atoms with van der Waals surface area (Å²) in [6.45, 7) is 3.10. The number of nitrogens with zero attached hydrogens (tertiary/aromatic N) is 3. The smallest absolute Gasteiger partial charge is 0.273 e. The van der Waals surface area contributed by atoms with Crippen LogP contribution in [0.15, 0.2) is 29.1 Å². The molecule has 1 aromatic carbocycles. The fraction of sp³-hybridized carbons (Fsp3) is 0.474. The molecule has 0 spiro atoms. The zero-order valence-corrected chi connectivity index (χ0v) is 17.5. The molecule has 1 aromatic heterocycles. The molecule has 2 heterocycles. The monoisotopic (exact) mass is 421 g/mol. The lowest BCUT2D eigenvalue weighted by molar-refractivity contribution is 0.0640. The summed E-state index contributed by atoms with van der Waals surface area (Å²) in [5.41, 5.74) is 3.87. The van der Waals surface area contributed by atoms with Gasteiger partial charge in [0.05, 0.1) is 24.4 Å². The van der Waals surface area contributed by atoms with Crippen molar-refractivity contribution in [3.63, 3.8) is 0 Å². The number of fused-ring (bicyclic) bond motifs is 1. The average Bonchev–Trinajstić information content (AvgIpc) is 3.36. The van der Waals surface area contributed by atoms with Gasteiger partial charge in [0.15, 0.2) is 0 Å². The predicted octanol–water partition coefficient (Wildman–Crippen LogP) is 2.49. The Labute approximate surface area is 169 Å². The fourth-order valence-corrected chi connectivity index (χ4v) is 5.09. The summed E-state index contributed by atoms with van der Waals surface area (Å²) in [6.07, 6.45) is 3.08. The van der Waals surface area contributed by atoms with Gasteiger partial charge in [-0.2, -0.15) is 4.31 Å². The van der Waals surface area contributed by atoms with Gasteiger partial charge in [-0.25, -0.2) is 13.4 Å². The molecular weight excluding hydrogens is 398 g/mol. The van der Waals surface area contributed by atoms with Gasteiger partial charge in [-0.15, -0.1) is 11.3 Å². The first-order valence-electron chi connectivity index (χ1n) is 9.23. The van der Waals surface area contributed by atoms with Crippen molar-refractivity contribution in [1.29, 1.82) is 0 Å². The van der Waals surface area contributed by atoms with E-state index in [9.17, 15) is 13.2 Å². The Bertz CT molecular complexity index is 971. The molecule has 1 aliphatic heterocycles. The molecule has 28 heavy (non-hydrogen) atoms. The number of benzene rings is 1. The van der Waals surface area contributed by atoms with Crippen molar-refractivity contribution in [2.45, 2.75) is 44.9 Å². The lowest BCUT2D eigenvalue weighted by Gasteiger charge is -2.25. The third-order valence-corrected chi connectivity index (χ3v) is 6.97. The van der Waals surface area contributed by atoms with Crippen LogP contribution in [0.3, 0.4) is 0 Å². The van der Waals surface area contributed by atoms with Crippen LogP contribution in [0.2, 0.25) is 0 Å². The van der Waals surface area contributed by atoms with Gasteiger partial charge in [0.1, 0.15) is 18.1 Å². The van der Waals surface area contributed by atoms with Gasteiger partial charge < -0.3 is 9.64 Å². The number of carbonyl (C=O) groups is 1. The molecule has 0 N–H and O–H groups in total. The van der Waals surface area contributed by atoms with Crippen molar-refractivity contribution in [3.05, 3.63) is 45.9 Å². The maximum Gasteiger partial charge on any atom is 0.273 e. The molecule has 2 aromatic rings. The lowest BCUT2D eigenvalue weighted by atomic mass is 10.1. The van der Waals surface area contributed by atoms with Crippen molar-refractivity contribution in [2.75, 3.05) is 12.9 Å². The van der Waals surface area contributed by atoms with E-state index in [0.29, 0.717) is 25.4 Å². The minimum absolute atomic E-state index is 0.0935. The lowest BCUT2D eigenvalue weighted by Crippen LogP contribution is -2.40. The van der Waals surface area contributed by atoms with E-state index in [2.05, 4.69) is 4.98 Å². The number of ether oxygens (including phenoxy) is 1. The highest BCUT2D eigenvalue weighted by Gasteiger charge is 2.35. The SMILES string of the molecule is CC1COc2ccc(CN(C3CC3)S(C)(=O)=O)cc2CN1C(=O)c1cscn1. The number of hydrogen-bond donors (Lipinski definition) is 0. The second kappa shape index (κ2) is 7.46. The number of aromatic nitrogens is 1. The topological polar surface area (TPSA) is 79.8 Å². The molecule has 0 saturated heterocycles. The van der Waals surface area contributed by atoms with Crippen molar-refractivity contribution in [2.24, 2.45) is 0 Å². The van der Waals surface area contributed by atoms with Crippen molar-refractivity contribution in [1.82, 2.24) is 14.2 Å². The zero-order valence-electron chi connectivity index (χ0n) is 15.9. The third-order valence-electron chi connectivity index (χ3n) is 5.11. The molecule has 1 fully saturated rings.